The average Bonchev–Trinajstić information content (AvgIpc) is 3.25. The highest BCUT2D eigenvalue weighted by Gasteiger charge is 2.20. The predicted molar refractivity (Wildman–Crippen MR) is 92.3 cm³/mol. The number of rotatable bonds is 6. The molecule has 0 amide bonds. The summed E-state index contributed by atoms with van der Waals surface area (Å²) in [5.41, 5.74) is 1.83. The normalized spacial score (nSPS) is 11.2. The Kier molecular flexibility index (Phi) is 4.45. The van der Waals surface area contributed by atoms with Crippen molar-refractivity contribution in [3.63, 3.8) is 0 Å². The minimum atomic E-state index is -3.74. The molecule has 0 aliphatic carbocycles. The summed E-state index contributed by atoms with van der Waals surface area (Å²) in [7, 11) is -0.759. The van der Waals surface area contributed by atoms with Crippen LogP contribution in [0, 0.1) is 0 Å². The van der Waals surface area contributed by atoms with Gasteiger partial charge in [-0.1, -0.05) is 0 Å². The van der Waals surface area contributed by atoms with Crippen LogP contribution in [-0.2, 0) is 10.0 Å². The number of aromatic nitrogens is 2. The highest BCUT2D eigenvalue weighted by Crippen LogP contribution is 2.33. The van der Waals surface area contributed by atoms with Crippen molar-refractivity contribution < 1.29 is 17.9 Å². The molecule has 3 aromatic rings. The predicted octanol–water partition coefficient (Wildman–Crippen LogP) is 2.96. The van der Waals surface area contributed by atoms with E-state index in [0.717, 1.165) is 22.6 Å². The molecule has 2 heterocycles. The molecule has 0 spiro atoms. The fraction of sp³-hybridized carbons (Fsp3) is 0.133. The lowest BCUT2D eigenvalue weighted by Gasteiger charge is -2.12. The zero-order valence-electron chi connectivity index (χ0n) is 12.9. The van der Waals surface area contributed by atoms with E-state index < -0.39 is 10.0 Å². The van der Waals surface area contributed by atoms with E-state index in [9.17, 15) is 8.42 Å². The summed E-state index contributed by atoms with van der Waals surface area (Å²) in [5, 5.41) is 8.42. The van der Waals surface area contributed by atoms with Crippen LogP contribution in [0.1, 0.15) is 0 Å². The van der Waals surface area contributed by atoms with Crippen LogP contribution in [0.25, 0.3) is 11.3 Å². The van der Waals surface area contributed by atoms with Gasteiger partial charge < -0.3 is 9.47 Å². The molecule has 0 radical (unpaired) electrons. The molecule has 24 heavy (non-hydrogen) atoms. The first-order chi connectivity index (χ1) is 11.5. The Bertz CT molecular complexity index is 934. The standard InChI is InChI=1S/C15H15N3O4S2/c1-21-11-3-4-14(22-2)13(8-11)18-24(19,20)15-7-10(9-23-15)12-5-6-16-17-12/h3-9,18H,1-2H3,(H,16,17). The molecule has 0 aliphatic rings. The Labute approximate surface area is 143 Å². The van der Waals surface area contributed by atoms with Crippen LogP contribution in [-0.4, -0.2) is 32.8 Å². The van der Waals surface area contributed by atoms with Gasteiger partial charge in [-0.3, -0.25) is 9.82 Å². The van der Waals surface area contributed by atoms with Crippen molar-refractivity contribution in [3.05, 3.63) is 41.9 Å². The van der Waals surface area contributed by atoms with Gasteiger partial charge in [-0.25, -0.2) is 8.42 Å². The fourth-order valence-electron chi connectivity index (χ4n) is 2.10. The number of aromatic amines is 1. The molecular weight excluding hydrogens is 350 g/mol. The number of hydrogen-bond acceptors (Lipinski definition) is 6. The van der Waals surface area contributed by atoms with Gasteiger partial charge in [0, 0.05) is 23.2 Å². The minimum Gasteiger partial charge on any atom is -0.497 e. The third-order valence-corrected chi connectivity index (χ3v) is 6.11. The average molecular weight is 365 g/mol. The van der Waals surface area contributed by atoms with Crippen molar-refractivity contribution in [2.75, 3.05) is 18.9 Å². The van der Waals surface area contributed by atoms with Gasteiger partial charge >= 0.3 is 0 Å². The number of H-pyrrole nitrogens is 1. The zero-order chi connectivity index (χ0) is 17.2. The molecule has 7 nitrogen and oxygen atoms in total. The minimum absolute atomic E-state index is 0.192. The molecule has 2 N–H and O–H groups in total. The van der Waals surface area contributed by atoms with Gasteiger partial charge in [-0.2, -0.15) is 5.10 Å². The number of anilines is 1. The molecular formula is C15H15N3O4S2. The lowest BCUT2D eigenvalue weighted by atomic mass is 10.2. The second-order valence-corrected chi connectivity index (χ2v) is 7.62. The largest absolute Gasteiger partial charge is 0.497 e. The topological polar surface area (TPSA) is 93.3 Å². The van der Waals surface area contributed by atoms with Gasteiger partial charge in [0.2, 0.25) is 0 Å². The molecule has 0 aliphatic heterocycles. The highest BCUT2D eigenvalue weighted by atomic mass is 32.2. The molecule has 9 heteroatoms. The van der Waals surface area contributed by atoms with Gasteiger partial charge in [-0.15, -0.1) is 11.3 Å². The van der Waals surface area contributed by atoms with E-state index in [2.05, 4.69) is 14.9 Å². The van der Waals surface area contributed by atoms with Crippen LogP contribution in [0.2, 0.25) is 0 Å². The van der Waals surface area contributed by atoms with Crippen LogP contribution < -0.4 is 14.2 Å². The van der Waals surface area contributed by atoms with Crippen molar-refractivity contribution >= 4 is 27.0 Å². The summed E-state index contributed by atoms with van der Waals surface area (Å²) < 4.78 is 38.3. The first-order valence-electron chi connectivity index (χ1n) is 6.86. The number of methoxy groups -OCH3 is 2. The number of hydrogen-bond donors (Lipinski definition) is 2. The molecule has 0 unspecified atom stereocenters. The van der Waals surface area contributed by atoms with Gasteiger partial charge in [0.1, 0.15) is 15.7 Å². The van der Waals surface area contributed by atoms with Gasteiger partial charge in [0.15, 0.2) is 0 Å². The highest BCUT2D eigenvalue weighted by molar-refractivity contribution is 7.94. The second kappa shape index (κ2) is 6.54. The number of nitrogens with zero attached hydrogens (tertiary/aromatic N) is 1. The third kappa shape index (κ3) is 3.22. The molecule has 0 saturated carbocycles. The SMILES string of the molecule is COc1ccc(OC)c(NS(=O)(=O)c2cc(-c3ccn[nH]3)cs2)c1. The maximum Gasteiger partial charge on any atom is 0.271 e. The Morgan fingerprint density at radius 3 is 2.67 bits per heavy atom. The van der Waals surface area contributed by atoms with Crippen molar-refractivity contribution in [1.29, 1.82) is 0 Å². The number of ether oxygens (including phenoxy) is 2. The molecule has 0 bridgehead atoms. The molecule has 3 rings (SSSR count). The third-order valence-electron chi connectivity index (χ3n) is 3.30. The van der Waals surface area contributed by atoms with Gasteiger partial charge in [0.05, 0.1) is 25.6 Å². The van der Waals surface area contributed by atoms with Crippen LogP contribution in [0.5, 0.6) is 11.5 Å². The smallest absolute Gasteiger partial charge is 0.271 e. The van der Waals surface area contributed by atoms with E-state index in [1.165, 1.54) is 14.2 Å². The van der Waals surface area contributed by atoms with Crippen molar-refractivity contribution in [2.24, 2.45) is 0 Å². The molecule has 0 saturated heterocycles. The van der Waals surface area contributed by atoms with E-state index >= 15 is 0 Å². The van der Waals surface area contributed by atoms with Gasteiger partial charge in [0.25, 0.3) is 10.0 Å². The first-order valence-corrected chi connectivity index (χ1v) is 9.23. The van der Waals surface area contributed by atoms with Crippen molar-refractivity contribution in [2.45, 2.75) is 4.21 Å². The summed E-state index contributed by atoms with van der Waals surface area (Å²) >= 11 is 1.13. The summed E-state index contributed by atoms with van der Waals surface area (Å²) in [6, 6.07) is 8.27. The van der Waals surface area contributed by atoms with Crippen LogP contribution >= 0.6 is 11.3 Å². The summed E-state index contributed by atoms with van der Waals surface area (Å²) in [6.07, 6.45) is 1.61. The lowest BCUT2D eigenvalue weighted by Crippen LogP contribution is -2.12. The second-order valence-electron chi connectivity index (χ2n) is 4.80. The molecule has 0 fully saturated rings. The maximum absolute atomic E-state index is 12.6. The monoisotopic (exact) mass is 365 g/mol. The van der Waals surface area contributed by atoms with E-state index in [-0.39, 0.29) is 4.21 Å². The van der Waals surface area contributed by atoms with Gasteiger partial charge in [-0.05, 0) is 24.3 Å². The lowest BCUT2D eigenvalue weighted by molar-refractivity contribution is 0.405. The molecule has 0 atom stereocenters. The van der Waals surface area contributed by atoms with E-state index in [1.807, 2.05) is 0 Å². The number of sulfonamides is 1. The van der Waals surface area contributed by atoms with Crippen LogP contribution in [0.15, 0.2) is 46.1 Å². The van der Waals surface area contributed by atoms with E-state index in [4.69, 9.17) is 9.47 Å². The van der Waals surface area contributed by atoms with Crippen molar-refractivity contribution in [1.82, 2.24) is 10.2 Å². The summed E-state index contributed by atoms with van der Waals surface area (Å²) in [5.74, 6) is 0.933. The fourth-order valence-corrected chi connectivity index (χ4v) is 4.35. The van der Waals surface area contributed by atoms with Crippen molar-refractivity contribution in [3.8, 4) is 22.8 Å². The Balaban J connectivity index is 1.92. The maximum atomic E-state index is 12.6. The molecule has 2 aromatic heterocycles. The quantitative estimate of drug-likeness (QED) is 0.700. The number of nitrogens with one attached hydrogen (secondary N) is 2. The number of benzene rings is 1. The van der Waals surface area contributed by atoms with E-state index in [0.29, 0.717) is 17.2 Å². The first kappa shape index (κ1) is 16.3. The molecule has 126 valence electrons. The van der Waals surface area contributed by atoms with E-state index in [1.54, 1.807) is 41.9 Å². The summed E-state index contributed by atoms with van der Waals surface area (Å²) in [6.45, 7) is 0. The number of thiophene rings is 1. The Morgan fingerprint density at radius 2 is 2.00 bits per heavy atom. The Morgan fingerprint density at radius 1 is 1.17 bits per heavy atom. The van der Waals surface area contributed by atoms with Crippen LogP contribution in [0.3, 0.4) is 0 Å². The van der Waals surface area contributed by atoms with Crippen LogP contribution in [0.4, 0.5) is 5.69 Å². The Hall–Kier alpha value is -2.52. The summed E-state index contributed by atoms with van der Waals surface area (Å²) in [4.78, 5) is 0. The zero-order valence-corrected chi connectivity index (χ0v) is 14.6. The molecule has 1 aromatic carbocycles.